The van der Waals surface area contributed by atoms with Crippen molar-refractivity contribution in [2.24, 2.45) is 0 Å². The normalized spacial score (nSPS) is 14.4. The van der Waals surface area contributed by atoms with E-state index in [1.54, 1.807) is 27.7 Å². The van der Waals surface area contributed by atoms with Gasteiger partial charge in [0.05, 0.1) is 5.52 Å². The predicted molar refractivity (Wildman–Crippen MR) is 104 cm³/mol. The molecule has 1 aliphatic rings. The molecule has 1 fully saturated rings. The van der Waals surface area contributed by atoms with E-state index in [0.29, 0.717) is 23.2 Å². The molecule has 0 bridgehead atoms. The van der Waals surface area contributed by atoms with E-state index >= 15 is 0 Å². The van der Waals surface area contributed by atoms with Crippen LogP contribution < -0.4 is 11.2 Å². The van der Waals surface area contributed by atoms with Gasteiger partial charge in [-0.25, -0.2) is 4.79 Å². The van der Waals surface area contributed by atoms with E-state index in [2.05, 4.69) is 0 Å². The molecule has 0 saturated carbocycles. The zero-order chi connectivity index (χ0) is 18.1. The molecule has 1 saturated heterocycles. The predicted octanol–water partition coefficient (Wildman–Crippen LogP) is 2.15. The summed E-state index contributed by atoms with van der Waals surface area (Å²) in [6, 6.07) is 5.71. The van der Waals surface area contributed by atoms with Gasteiger partial charge in [-0.2, -0.15) is 0 Å². The second kappa shape index (κ2) is 7.20. The van der Waals surface area contributed by atoms with E-state index in [0.717, 1.165) is 30.8 Å². The van der Waals surface area contributed by atoms with Crippen molar-refractivity contribution in [1.29, 1.82) is 0 Å². The quantitative estimate of drug-likeness (QED) is 0.672. The molecule has 3 aromatic rings. The second-order valence-corrected chi connectivity index (χ2v) is 8.33. The first-order valence-corrected chi connectivity index (χ1v) is 10.4. The summed E-state index contributed by atoms with van der Waals surface area (Å²) in [5.41, 5.74) is -0.101. The molecule has 4 rings (SSSR count). The Balaban J connectivity index is 1.71. The smallest absolute Gasteiger partial charge is 0.332 e. The number of nitrogens with zero attached hydrogens (tertiary/aromatic N) is 3. The number of amides is 1. The summed E-state index contributed by atoms with van der Waals surface area (Å²) in [6.45, 7) is 1.81. The van der Waals surface area contributed by atoms with Crippen LogP contribution in [0.5, 0.6) is 0 Å². The minimum absolute atomic E-state index is 0.00858. The van der Waals surface area contributed by atoms with Crippen molar-refractivity contribution in [3.63, 3.8) is 0 Å². The molecule has 0 spiro atoms. The van der Waals surface area contributed by atoms with Crippen molar-refractivity contribution in [2.75, 3.05) is 13.1 Å². The van der Waals surface area contributed by atoms with Crippen LogP contribution in [0.4, 0.5) is 0 Å². The van der Waals surface area contributed by atoms with Crippen LogP contribution in [0.1, 0.15) is 17.7 Å². The Labute approximate surface area is 157 Å². The zero-order valence-electron chi connectivity index (χ0n) is 14.2. The van der Waals surface area contributed by atoms with Crippen LogP contribution in [0.15, 0.2) is 38.5 Å². The van der Waals surface area contributed by atoms with Gasteiger partial charge in [-0.1, -0.05) is 6.07 Å². The van der Waals surface area contributed by atoms with Crippen molar-refractivity contribution in [1.82, 2.24) is 14.0 Å². The van der Waals surface area contributed by atoms with Crippen LogP contribution in [0.2, 0.25) is 0 Å². The number of aromatic nitrogens is 2. The number of carbonyl (C=O) groups excluding carboxylic acids is 1. The standard InChI is InChI=1S/C18H19N3O3S2/c22-15(19-7-1-2-8-19)12-21-14-6-11-26-16(14)17(23)20(18(21)24)9-5-13-4-3-10-25-13/h3-4,6,10-11H,1-2,5,7-9,12H2. The third-order valence-electron chi connectivity index (χ3n) is 4.75. The fourth-order valence-corrected chi connectivity index (χ4v) is 4.90. The SMILES string of the molecule is O=C(Cn1c(=O)n(CCc2cccs2)c(=O)c2sccc21)N1CCCC1. The lowest BCUT2D eigenvalue weighted by Crippen LogP contribution is -2.43. The summed E-state index contributed by atoms with van der Waals surface area (Å²) < 4.78 is 3.27. The number of hydrogen-bond acceptors (Lipinski definition) is 5. The third-order valence-corrected chi connectivity index (χ3v) is 6.58. The molecule has 0 radical (unpaired) electrons. The van der Waals surface area contributed by atoms with E-state index in [-0.39, 0.29) is 18.0 Å². The Morgan fingerprint density at radius 3 is 2.58 bits per heavy atom. The fraction of sp³-hybridized carbons (Fsp3) is 0.389. The lowest BCUT2D eigenvalue weighted by Gasteiger charge is -2.17. The summed E-state index contributed by atoms with van der Waals surface area (Å²) in [4.78, 5) is 41.2. The van der Waals surface area contributed by atoms with Crippen molar-refractivity contribution >= 4 is 38.8 Å². The summed E-state index contributed by atoms with van der Waals surface area (Å²) in [5, 5.41) is 3.78. The molecule has 4 heterocycles. The summed E-state index contributed by atoms with van der Waals surface area (Å²) >= 11 is 2.93. The van der Waals surface area contributed by atoms with Gasteiger partial charge in [0.1, 0.15) is 11.2 Å². The van der Waals surface area contributed by atoms with Crippen molar-refractivity contribution in [3.8, 4) is 0 Å². The van der Waals surface area contributed by atoms with Gasteiger partial charge >= 0.3 is 5.69 Å². The van der Waals surface area contributed by atoms with Gasteiger partial charge < -0.3 is 4.90 Å². The summed E-state index contributed by atoms with van der Waals surface area (Å²) in [5.74, 6) is -0.0550. The van der Waals surface area contributed by atoms with Crippen molar-refractivity contribution < 1.29 is 4.79 Å². The van der Waals surface area contributed by atoms with Gasteiger partial charge in [-0.3, -0.25) is 18.7 Å². The Bertz CT molecular complexity index is 1040. The molecular weight excluding hydrogens is 370 g/mol. The van der Waals surface area contributed by atoms with Gasteiger partial charge in [0.2, 0.25) is 5.91 Å². The maximum Gasteiger partial charge on any atom is 0.332 e. The summed E-state index contributed by atoms with van der Waals surface area (Å²) in [7, 11) is 0. The highest BCUT2D eigenvalue weighted by molar-refractivity contribution is 7.17. The molecule has 0 aliphatic carbocycles. The minimum Gasteiger partial charge on any atom is -0.341 e. The first kappa shape index (κ1) is 17.2. The van der Waals surface area contributed by atoms with Crippen LogP contribution >= 0.6 is 22.7 Å². The molecule has 1 aliphatic heterocycles. The topological polar surface area (TPSA) is 64.3 Å². The van der Waals surface area contributed by atoms with Crippen LogP contribution in [0.3, 0.4) is 0 Å². The molecule has 6 nitrogen and oxygen atoms in total. The number of hydrogen-bond donors (Lipinski definition) is 0. The fourth-order valence-electron chi connectivity index (χ4n) is 3.36. The van der Waals surface area contributed by atoms with Crippen molar-refractivity contribution in [3.05, 3.63) is 54.7 Å². The maximum absolute atomic E-state index is 13.0. The van der Waals surface area contributed by atoms with Gasteiger partial charge in [0, 0.05) is 24.5 Å². The molecule has 8 heteroatoms. The van der Waals surface area contributed by atoms with Crippen molar-refractivity contribution in [2.45, 2.75) is 32.4 Å². The van der Waals surface area contributed by atoms with Crippen LogP contribution in [0.25, 0.3) is 10.2 Å². The first-order valence-electron chi connectivity index (χ1n) is 8.66. The van der Waals surface area contributed by atoms with E-state index in [4.69, 9.17) is 0 Å². The van der Waals surface area contributed by atoms with Gasteiger partial charge in [0.15, 0.2) is 0 Å². The molecule has 136 valence electrons. The lowest BCUT2D eigenvalue weighted by molar-refractivity contribution is -0.130. The second-order valence-electron chi connectivity index (χ2n) is 6.38. The van der Waals surface area contributed by atoms with E-state index in [1.807, 2.05) is 17.5 Å². The number of aryl methyl sites for hydroxylation is 1. The van der Waals surface area contributed by atoms with Crippen LogP contribution in [-0.2, 0) is 24.3 Å². The average Bonchev–Trinajstić information content (AvgIpc) is 3.40. The van der Waals surface area contributed by atoms with Gasteiger partial charge in [-0.15, -0.1) is 22.7 Å². The molecular formula is C18H19N3O3S2. The maximum atomic E-state index is 13.0. The van der Waals surface area contributed by atoms with Crippen LogP contribution in [-0.4, -0.2) is 33.0 Å². The molecule has 3 aromatic heterocycles. The molecule has 0 aromatic carbocycles. The first-order chi connectivity index (χ1) is 12.6. The van der Waals surface area contributed by atoms with E-state index in [9.17, 15) is 14.4 Å². The Morgan fingerprint density at radius 2 is 1.85 bits per heavy atom. The van der Waals surface area contributed by atoms with Gasteiger partial charge in [0.25, 0.3) is 5.56 Å². The van der Waals surface area contributed by atoms with Gasteiger partial charge in [-0.05, 0) is 42.2 Å². The highest BCUT2D eigenvalue weighted by Gasteiger charge is 2.21. The monoisotopic (exact) mass is 389 g/mol. The average molecular weight is 390 g/mol. The largest absolute Gasteiger partial charge is 0.341 e. The third kappa shape index (κ3) is 3.14. The number of likely N-dealkylation sites (tertiary alicyclic amines) is 1. The van der Waals surface area contributed by atoms with Crippen LogP contribution in [0, 0.1) is 0 Å². The lowest BCUT2D eigenvalue weighted by atomic mass is 10.3. The Morgan fingerprint density at radius 1 is 1.04 bits per heavy atom. The number of carbonyl (C=O) groups is 1. The Kier molecular flexibility index (Phi) is 4.78. The highest BCUT2D eigenvalue weighted by Crippen LogP contribution is 2.17. The Hall–Kier alpha value is -2.19. The number of rotatable bonds is 5. The molecule has 0 N–H and O–H groups in total. The summed E-state index contributed by atoms with van der Waals surface area (Å²) in [6.07, 6.45) is 2.65. The number of thiophene rings is 2. The molecule has 0 atom stereocenters. The molecule has 0 unspecified atom stereocenters. The number of fused-ring (bicyclic) bond motifs is 1. The highest BCUT2D eigenvalue weighted by atomic mass is 32.1. The minimum atomic E-state index is -0.398. The van der Waals surface area contributed by atoms with E-state index < -0.39 is 5.69 Å². The zero-order valence-corrected chi connectivity index (χ0v) is 15.9. The molecule has 26 heavy (non-hydrogen) atoms. The molecule has 1 amide bonds. The van der Waals surface area contributed by atoms with E-state index in [1.165, 1.54) is 20.5 Å².